The maximum atomic E-state index is 12.2. The van der Waals surface area contributed by atoms with Crippen LogP contribution in [0, 0.1) is 5.92 Å². The van der Waals surface area contributed by atoms with E-state index in [9.17, 15) is 9.59 Å². The number of nitrogens with zero attached hydrogens (tertiary/aromatic N) is 1. The van der Waals surface area contributed by atoms with Crippen LogP contribution in [0.4, 0.5) is 4.79 Å². The summed E-state index contributed by atoms with van der Waals surface area (Å²) < 4.78 is 10.2. The Morgan fingerprint density at radius 3 is 2.60 bits per heavy atom. The quantitative estimate of drug-likeness (QED) is 0.588. The van der Waals surface area contributed by atoms with Gasteiger partial charge in [0.05, 0.1) is 13.0 Å². The monoisotopic (exact) mass is 283 g/mol. The van der Waals surface area contributed by atoms with E-state index in [1.54, 1.807) is 11.0 Å². The first-order chi connectivity index (χ1) is 9.30. The number of hydrogen-bond acceptors (Lipinski definition) is 4. The van der Waals surface area contributed by atoms with E-state index in [1.165, 1.54) is 7.11 Å². The molecule has 0 radical (unpaired) electrons. The summed E-state index contributed by atoms with van der Waals surface area (Å²) in [6.07, 6.45) is 3.48. The minimum atomic E-state index is -0.538. The molecule has 0 saturated carbocycles. The second kappa shape index (κ2) is 6.77. The molecule has 20 heavy (non-hydrogen) atoms. The Balaban J connectivity index is 2.83. The fourth-order valence-corrected chi connectivity index (χ4v) is 2.50. The zero-order valence-corrected chi connectivity index (χ0v) is 12.8. The van der Waals surface area contributed by atoms with Crippen LogP contribution in [0.3, 0.4) is 0 Å². The third kappa shape index (κ3) is 4.25. The molecule has 114 valence electrons. The van der Waals surface area contributed by atoms with E-state index >= 15 is 0 Å². The van der Waals surface area contributed by atoms with Crippen molar-refractivity contribution in [1.82, 2.24) is 4.90 Å². The molecule has 1 fully saturated rings. The van der Waals surface area contributed by atoms with Crippen LogP contribution in [0.25, 0.3) is 0 Å². The van der Waals surface area contributed by atoms with Crippen LogP contribution in [0.15, 0.2) is 12.7 Å². The zero-order chi connectivity index (χ0) is 15.3. The lowest BCUT2D eigenvalue weighted by Crippen LogP contribution is -2.45. The number of methoxy groups -OCH3 is 1. The SMILES string of the molecule is C=CC[C@@H](C(=O)OC)[C@H]1CCCN1C(=O)OC(C)(C)C. The van der Waals surface area contributed by atoms with E-state index in [1.807, 2.05) is 20.8 Å². The molecule has 1 aliphatic rings. The maximum absolute atomic E-state index is 12.2. The van der Waals surface area contributed by atoms with Crippen molar-refractivity contribution in [3.63, 3.8) is 0 Å². The van der Waals surface area contributed by atoms with Crippen molar-refractivity contribution < 1.29 is 19.1 Å². The van der Waals surface area contributed by atoms with Gasteiger partial charge in [0.25, 0.3) is 0 Å². The van der Waals surface area contributed by atoms with E-state index < -0.39 is 5.60 Å². The Bertz CT molecular complexity index is 373. The van der Waals surface area contributed by atoms with E-state index in [0.717, 1.165) is 12.8 Å². The van der Waals surface area contributed by atoms with E-state index in [-0.39, 0.29) is 24.0 Å². The number of ether oxygens (including phenoxy) is 2. The summed E-state index contributed by atoms with van der Waals surface area (Å²) in [6.45, 7) is 9.78. The predicted octanol–water partition coefficient (Wildman–Crippen LogP) is 2.75. The molecule has 0 aromatic heterocycles. The van der Waals surface area contributed by atoms with Crippen LogP contribution < -0.4 is 0 Å². The van der Waals surface area contributed by atoms with Gasteiger partial charge in [-0.2, -0.15) is 0 Å². The lowest BCUT2D eigenvalue weighted by Gasteiger charge is -2.31. The fourth-order valence-electron chi connectivity index (χ4n) is 2.50. The summed E-state index contributed by atoms with van der Waals surface area (Å²) >= 11 is 0. The number of amides is 1. The number of hydrogen-bond donors (Lipinski definition) is 0. The second-order valence-corrected chi connectivity index (χ2v) is 6.04. The highest BCUT2D eigenvalue weighted by Gasteiger charge is 2.39. The van der Waals surface area contributed by atoms with Gasteiger partial charge in [-0.3, -0.25) is 4.79 Å². The minimum Gasteiger partial charge on any atom is -0.469 e. The third-order valence-corrected chi connectivity index (χ3v) is 3.32. The van der Waals surface area contributed by atoms with Crippen molar-refractivity contribution in [2.45, 2.75) is 51.7 Å². The number of likely N-dealkylation sites (tertiary alicyclic amines) is 1. The summed E-state index contributed by atoms with van der Waals surface area (Å²) in [5, 5.41) is 0. The van der Waals surface area contributed by atoms with Gasteiger partial charge in [-0.05, 0) is 40.0 Å². The molecule has 1 rings (SSSR count). The van der Waals surface area contributed by atoms with Gasteiger partial charge in [0.2, 0.25) is 0 Å². The Labute approximate surface area is 120 Å². The first-order valence-electron chi connectivity index (χ1n) is 6.98. The molecule has 5 heteroatoms. The van der Waals surface area contributed by atoms with Crippen LogP contribution in [0.2, 0.25) is 0 Å². The molecule has 0 N–H and O–H groups in total. The predicted molar refractivity (Wildman–Crippen MR) is 76.3 cm³/mol. The molecular formula is C15H25NO4. The lowest BCUT2D eigenvalue weighted by molar-refractivity contribution is -0.147. The van der Waals surface area contributed by atoms with E-state index in [4.69, 9.17) is 9.47 Å². The highest BCUT2D eigenvalue weighted by atomic mass is 16.6. The molecule has 1 saturated heterocycles. The number of esters is 1. The molecule has 0 aromatic carbocycles. The molecule has 1 amide bonds. The van der Waals surface area contributed by atoms with Crippen LogP contribution in [0.5, 0.6) is 0 Å². The summed E-state index contributed by atoms with van der Waals surface area (Å²) in [6, 6.07) is -0.171. The lowest BCUT2D eigenvalue weighted by atomic mass is 9.94. The second-order valence-electron chi connectivity index (χ2n) is 6.04. The minimum absolute atomic E-state index is 0.171. The van der Waals surface area contributed by atoms with Gasteiger partial charge in [0, 0.05) is 12.6 Å². The molecule has 0 spiro atoms. The standard InChI is InChI=1S/C15H25NO4/c1-6-8-11(13(17)19-5)12-9-7-10-16(12)14(18)20-15(2,3)4/h6,11-12H,1,7-10H2,2-5H3/t11-,12-/m1/s1. The highest BCUT2D eigenvalue weighted by molar-refractivity contribution is 5.75. The van der Waals surface area contributed by atoms with Crippen LogP contribution in [-0.2, 0) is 14.3 Å². The van der Waals surface area contributed by atoms with Crippen LogP contribution in [-0.4, -0.2) is 42.3 Å². The molecule has 5 nitrogen and oxygen atoms in total. The molecule has 1 aliphatic heterocycles. The van der Waals surface area contributed by atoms with Gasteiger partial charge in [-0.15, -0.1) is 6.58 Å². The van der Waals surface area contributed by atoms with E-state index in [2.05, 4.69) is 6.58 Å². The number of rotatable bonds is 4. The average molecular weight is 283 g/mol. The number of carbonyl (C=O) groups is 2. The Hall–Kier alpha value is -1.52. The van der Waals surface area contributed by atoms with Crippen molar-refractivity contribution in [1.29, 1.82) is 0 Å². The van der Waals surface area contributed by atoms with E-state index in [0.29, 0.717) is 13.0 Å². The topological polar surface area (TPSA) is 55.8 Å². The first kappa shape index (κ1) is 16.5. The molecular weight excluding hydrogens is 258 g/mol. The normalized spacial score (nSPS) is 20.4. The van der Waals surface area contributed by atoms with Gasteiger partial charge in [-0.25, -0.2) is 4.79 Å². The maximum Gasteiger partial charge on any atom is 0.410 e. The van der Waals surface area contributed by atoms with Gasteiger partial charge in [0.15, 0.2) is 0 Å². The molecule has 2 atom stereocenters. The molecule has 0 unspecified atom stereocenters. The molecule has 1 heterocycles. The van der Waals surface area contributed by atoms with Crippen LogP contribution in [0.1, 0.15) is 40.0 Å². The van der Waals surface area contributed by atoms with Gasteiger partial charge < -0.3 is 14.4 Å². The summed E-state index contributed by atoms with van der Waals surface area (Å²) in [4.78, 5) is 25.8. The Morgan fingerprint density at radius 2 is 2.10 bits per heavy atom. The smallest absolute Gasteiger partial charge is 0.410 e. The molecule has 0 aromatic rings. The van der Waals surface area contributed by atoms with Crippen molar-refractivity contribution in [3.8, 4) is 0 Å². The van der Waals surface area contributed by atoms with Crippen molar-refractivity contribution in [2.75, 3.05) is 13.7 Å². The van der Waals surface area contributed by atoms with Crippen molar-refractivity contribution in [2.24, 2.45) is 5.92 Å². The van der Waals surface area contributed by atoms with Gasteiger partial charge >= 0.3 is 12.1 Å². The largest absolute Gasteiger partial charge is 0.469 e. The van der Waals surface area contributed by atoms with Gasteiger partial charge in [-0.1, -0.05) is 6.08 Å². The Kier molecular flexibility index (Phi) is 5.60. The van der Waals surface area contributed by atoms with Crippen molar-refractivity contribution in [3.05, 3.63) is 12.7 Å². The number of allylic oxidation sites excluding steroid dienone is 1. The molecule has 0 bridgehead atoms. The van der Waals surface area contributed by atoms with Gasteiger partial charge in [0.1, 0.15) is 5.60 Å². The Morgan fingerprint density at radius 1 is 1.45 bits per heavy atom. The van der Waals surface area contributed by atoms with Crippen molar-refractivity contribution >= 4 is 12.1 Å². The first-order valence-corrected chi connectivity index (χ1v) is 6.98. The number of carbonyl (C=O) groups excluding carboxylic acids is 2. The average Bonchev–Trinajstić information content (AvgIpc) is 2.81. The summed E-state index contributed by atoms with van der Waals surface area (Å²) in [7, 11) is 1.37. The zero-order valence-electron chi connectivity index (χ0n) is 12.8. The fraction of sp³-hybridized carbons (Fsp3) is 0.733. The highest BCUT2D eigenvalue weighted by Crippen LogP contribution is 2.29. The third-order valence-electron chi connectivity index (χ3n) is 3.32. The van der Waals surface area contributed by atoms with Crippen LogP contribution >= 0.6 is 0 Å². The summed E-state index contributed by atoms with van der Waals surface area (Å²) in [5.41, 5.74) is -0.538. The molecule has 0 aliphatic carbocycles. The summed E-state index contributed by atoms with van der Waals surface area (Å²) in [5.74, 6) is -0.669.